The molecule has 0 fully saturated rings. The molecule has 12 heavy (non-hydrogen) atoms. The first-order valence-electron chi connectivity index (χ1n) is 4.17. The minimum absolute atomic E-state index is 0.0596. The Bertz CT molecular complexity index is 205. The standard InChI is InChI=1S/C7H12BNO3/c1-2-11-7(10)6-3-5(4-8)12-9-6/h5H,2-4,8H2,1H3. The van der Waals surface area contributed by atoms with Crippen molar-refractivity contribution in [1.29, 1.82) is 0 Å². The summed E-state index contributed by atoms with van der Waals surface area (Å²) >= 11 is 0. The summed E-state index contributed by atoms with van der Waals surface area (Å²) < 4.78 is 4.77. The molecule has 66 valence electrons. The minimum atomic E-state index is -0.353. The average Bonchev–Trinajstić information content (AvgIpc) is 2.52. The maximum atomic E-state index is 11.1. The van der Waals surface area contributed by atoms with Gasteiger partial charge in [-0.3, -0.25) is 0 Å². The predicted octanol–water partition coefficient (Wildman–Crippen LogP) is -0.254. The molecule has 0 saturated heterocycles. The zero-order valence-electron chi connectivity index (χ0n) is 7.37. The van der Waals surface area contributed by atoms with Crippen molar-refractivity contribution < 1.29 is 14.4 Å². The maximum Gasteiger partial charge on any atom is 0.356 e. The van der Waals surface area contributed by atoms with Crippen molar-refractivity contribution in [2.75, 3.05) is 6.61 Å². The molecule has 0 aromatic rings. The third kappa shape index (κ3) is 2.00. The summed E-state index contributed by atoms with van der Waals surface area (Å²) in [5.41, 5.74) is 0.406. The molecule has 0 spiro atoms. The highest BCUT2D eigenvalue weighted by Crippen LogP contribution is 2.13. The molecule has 0 aliphatic carbocycles. The lowest BCUT2D eigenvalue weighted by Crippen LogP contribution is -2.17. The van der Waals surface area contributed by atoms with E-state index in [-0.39, 0.29) is 12.1 Å². The summed E-state index contributed by atoms with van der Waals surface area (Å²) in [5.74, 6) is -0.353. The number of carbonyl (C=O) groups is 1. The van der Waals surface area contributed by atoms with Gasteiger partial charge in [0.2, 0.25) is 0 Å². The fraction of sp³-hybridized carbons (Fsp3) is 0.714. The number of hydrogen-bond donors (Lipinski definition) is 0. The molecule has 0 saturated carbocycles. The van der Waals surface area contributed by atoms with E-state index in [0.717, 1.165) is 6.32 Å². The molecule has 0 amide bonds. The van der Waals surface area contributed by atoms with Gasteiger partial charge in [0.15, 0.2) is 5.71 Å². The Labute approximate surface area is 72.3 Å². The molecule has 0 aromatic heterocycles. The highest BCUT2D eigenvalue weighted by molar-refractivity contribution is 6.36. The number of esters is 1. The third-order valence-corrected chi connectivity index (χ3v) is 1.70. The van der Waals surface area contributed by atoms with Gasteiger partial charge in [0.25, 0.3) is 0 Å². The maximum absolute atomic E-state index is 11.1. The smallest absolute Gasteiger partial charge is 0.356 e. The van der Waals surface area contributed by atoms with Gasteiger partial charge in [0.1, 0.15) is 14.0 Å². The van der Waals surface area contributed by atoms with Crippen LogP contribution in [0.15, 0.2) is 5.16 Å². The lowest BCUT2D eigenvalue weighted by Gasteiger charge is -2.01. The van der Waals surface area contributed by atoms with Crippen molar-refractivity contribution in [3.63, 3.8) is 0 Å². The monoisotopic (exact) mass is 169 g/mol. The Kier molecular flexibility index (Phi) is 3.14. The Morgan fingerprint density at radius 2 is 2.67 bits per heavy atom. The summed E-state index contributed by atoms with van der Waals surface area (Å²) in [6, 6.07) is 0. The molecular formula is C7H12BNO3. The molecule has 0 aromatic carbocycles. The minimum Gasteiger partial charge on any atom is -0.461 e. The van der Waals surface area contributed by atoms with Crippen molar-refractivity contribution in [2.24, 2.45) is 5.16 Å². The highest BCUT2D eigenvalue weighted by Gasteiger charge is 2.25. The normalized spacial score (nSPS) is 21.4. The van der Waals surface area contributed by atoms with Crippen molar-refractivity contribution in [3.05, 3.63) is 0 Å². The third-order valence-electron chi connectivity index (χ3n) is 1.70. The zero-order valence-corrected chi connectivity index (χ0v) is 7.37. The number of ether oxygens (including phenoxy) is 1. The van der Waals surface area contributed by atoms with Crippen LogP contribution in [0.3, 0.4) is 0 Å². The summed E-state index contributed by atoms with van der Waals surface area (Å²) in [4.78, 5) is 16.0. The molecule has 1 heterocycles. The van der Waals surface area contributed by atoms with Gasteiger partial charge in [-0.25, -0.2) is 4.79 Å². The van der Waals surface area contributed by atoms with E-state index >= 15 is 0 Å². The Morgan fingerprint density at radius 1 is 1.92 bits per heavy atom. The first-order chi connectivity index (χ1) is 5.77. The molecule has 1 unspecified atom stereocenters. The van der Waals surface area contributed by atoms with Crippen molar-refractivity contribution in [1.82, 2.24) is 0 Å². The molecule has 4 nitrogen and oxygen atoms in total. The lowest BCUT2D eigenvalue weighted by molar-refractivity contribution is -0.135. The summed E-state index contributed by atoms with van der Waals surface area (Å²) in [5, 5.41) is 3.65. The largest absolute Gasteiger partial charge is 0.461 e. The van der Waals surface area contributed by atoms with Crippen LogP contribution >= 0.6 is 0 Å². The molecule has 5 heteroatoms. The number of rotatable bonds is 3. The summed E-state index contributed by atoms with van der Waals surface area (Å²) in [6.07, 6.45) is 1.51. The van der Waals surface area contributed by atoms with Crippen molar-refractivity contribution in [3.8, 4) is 0 Å². The number of hydrogen-bond acceptors (Lipinski definition) is 4. The number of carbonyl (C=O) groups excluding carboxylic acids is 1. The van der Waals surface area contributed by atoms with Crippen LogP contribution in [0.2, 0.25) is 6.32 Å². The van der Waals surface area contributed by atoms with Crippen LogP contribution in [0.1, 0.15) is 13.3 Å². The van der Waals surface area contributed by atoms with Gasteiger partial charge in [-0.15, -0.1) is 0 Å². The van der Waals surface area contributed by atoms with E-state index in [1.165, 1.54) is 0 Å². The summed E-state index contributed by atoms with van der Waals surface area (Å²) in [6.45, 7) is 2.15. The Balaban J connectivity index is 2.40. The Morgan fingerprint density at radius 3 is 3.17 bits per heavy atom. The van der Waals surface area contributed by atoms with Crippen LogP contribution in [-0.2, 0) is 14.4 Å². The van der Waals surface area contributed by atoms with Crippen LogP contribution in [-0.4, -0.2) is 32.2 Å². The second-order valence-electron chi connectivity index (χ2n) is 2.60. The second kappa shape index (κ2) is 4.14. The number of nitrogens with zero attached hydrogens (tertiary/aromatic N) is 1. The molecule has 1 rings (SSSR count). The molecule has 0 radical (unpaired) electrons. The van der Waals surface area contributed by atoms with Crippen LogP contribution in [0.25, 0.3) is 0 Å². The topological polar surface area (TPSA) is 47.9 Å². The SMILES string of the molecule is BCC1CC(C(=O)OCC)=NO1. The molecule has 1 aliphatic heterocycles. The van der Waals surface area contributed by atoms with Crippen LogP contribution in [0, 0.1) is 0 Å². The average molecular weight is 169 g/mol. The molecule has 1 aliphatic rings. The van der Waals surface area contributed by atoms with E-state index in [1.807, 2.05) is 7.85 Å². The molecule has 1 atom stereocenters. The van der Waals surface area contributed by atoms with Gasteiger partial charge in [-0.1, -0.05) is 5.16 Å². The van der Waals surface area contributed by atoms with E-state index in [4.69, 9.17) is 9.57 Å². The fourth-order valence-electron chi connectivity index (χ4n) is 0.982. The van der Waals surface area contributed by atoms with E-state index in [1.54, 1.807) is 6.92 Å². The van der Waals surface area contributed by atoms with E-state index in [0.29, 0.717) is 18.7 Å². The van der Waals surface area contributed by atoms with E-state index in [9.17, 15) is 4.79 Å². The van der Waals surface area contributed by atoms with E-state index in [2.05, 4.69) is 5.16 Å². The Hall–Kier alpha value is -0.995. The lowest BCUT2D eigenvalue weighted by atomic mass is 9.96. The van der Waals surface area contributed by atoms with E-state index < -0.39 is 0 Å². The van der Waals surface area contributed by atoms with Gasteiger partial charge in [-0.05, 0) is 13.2 Å². The van der Waals surface area contributed by atoms with Gasteiger partial charge < -0.3 is 9.57 Å². The number of oxime groups is 1. The van der Waals surface area contributed by atoms with Crippen molar-refractivity contribution >= 4 is 19.5 Å². The molecular weight excluding hydrogens is 157 g/mol. The van der Waals surface area contributed by atoms with Crippen molar-refractivity contribution in [2.45, 2.75) is 25.8 Å². The van der Waals surface area contributed by atoms with Gasteiger partial charge in [0, 0.05) is 6.42 Å². The fourth-order valence-corrected chi connectivity index (χ4v) is 0.982. The van der Waals surface area contributed by atoms with Gasteiger partial charge in [-0.2, -0.15) is 0 Å². The van der Waals surface area contributed by atoms with Crippen LogP contribution in [0.5, 0.6) is 0 Å². The first kappa shape index (κ1) is 9.10. The van der Waals surface area contributed by atoms with Gasteiger partial charge >= 0.3 is 5.97 Å². The molecule has 0 bridgehead atoms. The zero-order chi connectivity index (χ0) is 8.97. The quantitative estimate of drug-likeness (QED) is 0.432. The summed E-state index contributed by atoms with van der Waals surface area (Å²) in [7, 11) is 1.99. The first-order valence-corrected chi connectivity index (χ1v) is 4.17. The highest BCUT2D eigenvalue weighted by atomic mass is 16.6. The second-order valence-corrected chi connectivity index (χ2v) is 2.60. The predicted molar refractivity (Wildman–Crippen MR) is 46.9 cm³/mol. The molecule has 0 N–H and O–H groups in total. The van der Waals surface area contributed by atoms with Gasteiger partial charge in [0.05, 0.1) is 6.61 Å². The van der Waals surface area contributed by atoms with Crippen LogP contribution in [0.4, 0.5) is 0 Å². The van der Waals surface area contributed by atoms with Crippen LogP contribution < -0.4 is 0 Å².